The zero-order valence-electron chi connectivity index (χ0n) is 8.77. The number of likely N-dealkylation sites (tertiary alicyclic amines) is 1. The molecule has 5 heteroatoms. The van der Waals surface area contributed by atoms with E-state index in [4.69, 9.17) is 5.11 Å². The minimum absolute atomic E-state index is 0.141. The highest BCUT2D eigenvalue weighted by Crippen LogP contribution is 2.42. The molecule has 0 aromatic carbocycles. The first-order valence-electron chi connectivity index (χ1n) is 5.44. The van der Waals surface area contributed by atoms with Gasteiger partial charge in [-0.3, -0.25) is 0 Å². The molecule has 3 atom stereocenters. The van der Waals surface area contributed by atoms with E-state index < -0.39 is 12.0 Å². The molecule has 0 aromatic heterocycles. The molecule has 84 valence electrons. The molecule has 5 nitrogen and oxygen atoms in total. The predicted octanol–water partition coefficient (Wildman–Crippen LogP) is 0.653. The van der Waals surface area contributed by atoms with Crippen LogP contribution in [0, 0.1) is 5.92 Å². The minimum atomic E-state index is -0.867. The Bertz CT molecular complexity index is 292. The third-order valence-corrected chi connectivity index (χ3v) is 3.40. The molecule has 2 rings (SSSR count). The fourth-order valence-corrected chi connectivity index (χ4v) is 2.84. The molecular formula is C10H16N2O3. The lowest BCUT2D eigenvalue weighted by Gasteiger charge is -2.32. The maximum atomic E-state index is 11.7. The summed E-state index contributed by atoms with van der Waals surface area (Å²) in [6.07, 6.45) is 2.75. The van der Waals surface area contributed by atoms with Gasteiger partial charge in [-0.2, -0.15) is 0 Å². The highest BCUT2D eigenvalue weighted by molar-refractivity contribution is 5.84. The average Bonchev–Trinajstić information content (AvgIpc) is 2.76. The van der Waals surface area contributed by atoms with Crippen LogP contribution >= 0.6 is 0 Å². The lowest BCUT2D eigenvalue weighted by molar-refractivity contribution is -0.143. The van der Waals surface area contributed by atoms with Gasteiger partial charge in [-0.05, 0) is 32.1 Å². The fraction of sp³-hybridized carbons (Fsp3) is 0.800. The molecule has 0 aromatic rings. The second-order valence-corrected chi connectivity index (χ2v) is 4.25. The number of amides is 2. The number of carbonyl (C=O) groups is 2. The van der Waals surface area contributed by atoms with E-state index in [1.54, 1.807) is 0 Å². The summed E-state index contributed by atoms with van der Waals surface area (Å²) >= 11 is 0. The zero-order valence-corrected chi connectivity index (χ0v) is 8.77. The Hall–Kier alpha value is -1.26. The summed E-state index contributed by atoms with van der Waals surface area (Å²) in [5.74, 6) is -0.705. The Morgan fingerprint density at radius 3 is 2.80 bits per heavy atom. The number of rotatable bonds is 2. The van der Waals surface area contributed by atoms with Crippen molar-refractivity contribution < 1.29 is 14.7 Å². The van der Waals surface area contributed by atoms with Crippen LogP contribution in [0.1, 0.15) is 26.2 Å². The maximum Gasteiger partial charge on any atom is 0.326 e. The van der Waals surface area contributed by atoms with Gasteiger partial charge in [0.15, 0.2) is 0 Å². The van der Waals surface area contributed by atoms with Crippen molar-refractivity contribution in [1.82, 2.24) is 10.2 Å². The summed E-state index contributed by atoms with van der Waals surface area (Å²) in [7, 11) is 0. The van der Waals surface area contributed by atoms with Crippen LogP contribution in [0.4, 0.5) is 4.79 Å². The second kappa shape index (κ2) is 3.72. The summed E-state index contributed by atoms with van der Waals surface area (Å²) in [5.41, 5.74) is 0. The Kier molecular flexibility index (Phi) is 2.54. The molecule has 15 heavy (non-hydrogen) atoms. The van der Waals surface area contributed by atoms with Gasteiger partial charge in [-0.25, -0.2) is 9.59 Å². The first-order valence-corrected chi connectivity index (χ1v) is 5.44. The van der Waals surface area contributed by atoms with Crippen molar-refractivity contribution >= 4 is 12.0 Å². The molecule has 2 bridgehead atoms. The van der Waals surface area contributed by atoms with Gasteiger partial charge in [-0.15, -0.1) is 0 Å². The predicted molar refractivity (Wildman–Crippen MR) is 53.5 cm³/mol. The minimum Gasteiger partial charge on any atom is -0.480 e. The van der Waals surface area contributed by atoms with Gasteiger partial charge in [0, 0.05) is 12.6 Å². The molecule has 1 aliphatic heterocycles. The Labute approximate surface area is 88.4 Å². The molecule has 2 aliphatic rings. The first kappa shape index (κ1) is 10.3. The molecule has 1 aliphatic carbocycles. The van der Waals surface area contributed by atoms with Crippen molar-refractivity contribution in [2.45, 2.75) is 38.3 Å². The summed E-state index contributed by atoms with van der Waals surface area (Å²) < 4.78 is 0. The number of fused-ring (bicyclic) bond motifs is 2. The normalized spacial score (nSPS) is 33.1. The standard InChI is InChI=1S/C10H16N2O3/c1-2-11-10(15)12-7-4-3-6(5-7)8(12)9(13)14/h6-8H,2-5H2,1H3,(H,11,15)(H,13,14)/t6-,7-,8-/m0/s1. The van der Waals surface area contributed by atoms with Crippen molar-refractivity contribution in [2.75, 3.05) is 6.54 Å². The van der Waals surface area contributed by atoms with Crippen LogP contribution in [0.25, 0.3) is 0 Å². The number of carboxylic acid groups (broad SMARTS) is 1. The summed E-state index contributed by atoms with van der Waals surface area (Å²) in [6, 6.07) is -0.685. The summed E-state index contributed by atoms with van der Waals surface area (Å²) in [5, 5.41) is 11.8. The highest BCUT2D eigenvalue weighted by atomic mass is 16.4. The number of hydrogen-bond donors (Lipinski definition) is 2. The van der Waals surface area contributed by atoms with E-state index in [9.17, 15) is 9.59 Å². The van der Waals surface area contributed by atoms with Crippen LogP contribution in [0.2, 0.25) is 0 Å². The molecule has 1 saturated carbocycles. The number of hydrogen-bond acceptors (Lipinski definition) is 2. The lowest BCUT2D eigenvalue weighted by Crippen LogP contribution is -2.52. The monoisotopic (exact) mass is 212 g/mol. The van der Waals surface area contributed by atoms with Gasteiger partial charge < -0.3 is 15.3 Å². The SMILES string of the molecule is CCNC(=O)N1[C@H]2CC[C@@H](C2)[C@H]1C(=O)O. The number of nitrogens with zero attached hydrogens (tertiary/aromatic N) is 1. The summed E-state index contributed by atoms with van der Waals surface area (Å²) in [6.45, 7) is 2.38. The molecule has 0 unspecified atom stereocenters. The van der Waals surface area contributed by atoms with Crippen molar-refractivity contribution in [1.29, 1.82) is 0 Å². The van der Waals surface area contributed by atoms with Crippen LogP contribution in [-0.2, 0) is 4.79 Å². The molecule has 0 spiro atoms. The van der Waals surface area contributed by atoms with Crippen LogP contribution in [-0.4, -0.2) is 40.6 Å². The Morgan fingerprint density at radius 1 is 1.47 bits per heavy atom. The van der Waals surface area contributed by atoms with E-state index in [0.29, 0.717) is 6.54 Å². The number of nitrogens with one attached hydrogen (secondary N) is 1. The third kappa shape index (κ3) is 1.56. The summed E-state index contributed by atoms with van der Waals surface area (Å²) in [4.78, 5) is 24.3. The van der Waals surface area contributed by atoms with Gasteiger partial charge in [0.2, 0.25) is 0 Å². The van der Waals surface area contributed by atoms with Crippen LogP contribution in [0.5, 0.6) is 0 Å². The fourth-order valence-electron chi connectivity index (χ4n) is 2.84. The molecule has 1 heterocycles. The topological polar surface area (TPSA) is 69.6 Å². The lowest BCUT2D eigenvalue weighted by atomic mass is 9.99. The van der Waals surface area contributed by atoms with Crippen molar-refractivity contribution in [3.63, 3.8) is 0 Å². The number of piperidine rings is 1. The van der Waals surface area contributed by atoms with E-state index in [-0.39, 0.29) is 18.0 Å². The van der Waals surface area contributed by atoms with Crippen LogP contribution < -0.4 is 5.32 Å². The number of carboxylic acids is 1. The quantitative estimate of drug-likeness (QED) is 0.706. The third-order valence-electron chi connectivity index (χ3n) is 3.40. The largest absolute Gasteiger partial charge is 0.480 e. The van der Waals surface area contributed by atoms with E-state index in [2.05, 4.69) is 5.32 Å². The maximum absolute atomic E-state index is 11.7. The number of aliphatic carboxylic acids is 1. The zero-order chi connectivity index (χ0) is 11.0. The first-order chi connectivity index (χ1) is 7.15. The van der Waals surface area contributed by atoms with E-state index in [1.807, 2.05) is 6.92 Å². The molecule has 0 radical (unpaired) electrons. The van der Waals surface area contributed by atoms with E-state index in [1.165, 1.54) is 4.90 Å². The Balaban J connectivity index is 2.14. The van der Waals surface area contributed by atoms with Gasteiger partial charge in [0.05, 0.1) is 0 Å². The van der Waals surface area contributed by atoms with Gasteiger partial charge in [0.25, 0.3) is 0 Å². The number of urea groups is 1. The van der Waals surface area contributed by atoms with E-state index in [0.717, 1.165) is 19.3 Å². The highest BCUT2D eigenvalue weighted by Gasteiger charge is 2.51. The van der Waals surface area contributed by atoms with Gasteiger partial charge >= 0.3 is 12.0 Å². The van der Waals surface area contributed by atoms with E-state index >= 15 is 0 Å². The molecule has 1 saturated heterocycles. The molecule has 2 amide bonds. The average molecular weight is 212 g/mol. The van der Waals surface area contributed by atoms with Crippen LogP contribution in [0.15, 0.2) is 0 Å². The smallest absolute Gasteiger partial charge is 0.326 e. The molecule has 2 fully saturated rings. The Morgan fingerprint density at radius 2 is 2.20 bits per heavy atom. The van der Waals surface area contributed by atoms with Gasteiger partial charge in [0.1, 0.15) is 6.04 Å². The van der Waals surface area contributed by atoms with Crippen molar-refractivity contribution in [3.8, 4) is 0 Å². The van der Waals surface area contributed by atoms with Crippen LogP contribution in [0.3, 0.4) is 0 Å². The molecular weight excluding hydrogens is 196 g/mol. The van der Waals surface area contributed by atoms with Crippen molar-refractivity contribution in [2.24, 2.45) is 5.92 Å². The second-order valence-electron chi connectivity index (χ2n) is 4.25. The van der Waals surface area contributed by atoms with Crippen molar-refractivity contribution in [3.05, 3.63) is 0 Å². The number of carbonyl (C=O) groups excluding carboxylic acids is 1. The molecule has 2 N–H and O–H groups in total. The van der Waals surface area contributed by atoms with Gasteiger partial charge in [-0.1, -0.05) is 0 Å².